The summed E-state index contributed by atoms with van der Waals surface area (Å²) in [6, 6.07) is 8.03. The van der Waals surface area contributed by atoms with Crippen LogP contribution in [0, 0.1) is 11.3 Å². The van der Waals surface area contributed by atoms with Crippen LogP contribution in [0.15, 0.2) is 18.2 Å². The number of imidazole rings is 1. The lowest BCUT2D eigenvalue weighted by atomic mass is 10.2. The average molecular weight is 271 g/mol. The summed E-state index contributed by atoms with van der Waals surface area (Å²) in [6.07, 6.45) is 3.62. The van der Waals surface area contributed by atoms with Crippen molar-refractivity contribution in [3.8, 4) is 6.07 Å². The molecule has 3 nitrogen and oxygen atoms in total. The van der Waals surface area contributed by atoms with Crippen molar-refractivity contribution in [2.75, 3.05) is 5.75 Å². The van der Waals surface area contributed by atoms with Gasteiger partial charge in [0, 0.05) is 6.54 Å². The number of nitriles is 1. The molecule has 1 fully saturated rings. The van der Waals surface area contributed by atoms with E-state index in [4.69, 9.17) is 10.2 Å². The summed E-state index contributed by atoms with van der Waals surface area (Å²) < 4.78 is 2.35. The Balaban J connectivity index is 2.13. The maximum atomic E-state index is 9.00. The highest BCUT2D eigenvalue weighted by molar-refractivity contribution is 7.99. The third-order valence-electron chi connectivity index (χ3n) is 3.57. The molecule has 0 saturated carbocycles. The molecule has 0 amide bonds. The number of aromatic nitrogens is 2. The Hall–Kier alpha value is -1.47. The summed E-state index contributed by atoms with van der Waals surface area (Å²) in [7, 11) is 0. The number of hydrogen-bond donors (Lipinski definition) is 0. The Bertz CT molecular complexity index is 633. The van der Waals surface area contributed by atoms with Crippen molar-refractivity contribution in [1.82, 2.24) is 9.55 Å². The lowest BCUT2D eigenvalue weighted by molar-refractivity contribution is 0.637. The first-order chi connectivity index (χ1) is 9.33. The number of benzene rings is 1. The minimum Gasteiger partial charge on any atom is -0.327 e. The van der Waals surface area contributed by atoms with Crippen LogP contribution in [-0.2, 0) is 6.54 Å². The molecule has 1 aromatic carbocycles. The molecule has 3 rings (SSSR count). The topological polar surface area (TPSA) is 41.6 Å². The number of nitrogens with zero attached hydrogens (tertiary/aromatic N) is 3. The van der Waals surface area contributed by atoms with E-state index in [1.165, 1.54) is 29.9 Å². The Morgan fingerprint density at radius 1 is 1.53 bits per heavy atom. The Kier molecular flexibility index (Phi) is 3.48. The summed E-state index contributed by atoms with van der Waals surface area (Å²) in [5, 5.41) is 9.53. The third-order valence-corrected chi connectivity index (χ3v) is 4.95. The molecule has 1 aliphatic rings. The van der Waals surface area contributed by atoms with E-state index in [0.717, 1.165) is 18.5 Å². The first-order valence-corrected chi connectivity index (χ1v) is 7.90. The van der Waals surface area contributed by atoms with Gasteiger partial charge in [0.15, 0.2) is 0 Å². The van der Waals surface area contributed by atoms with E-state index in [2.05, 4.69) is 17.6 Å². The highest BCUT2D eigenvalue weighted by atomic mass is 32.2. The van der Waals surface area contributed by atoms with Gasteiger partial charge in [-0.15, -0.1) is 0 Å². The Morgan fingerprint density at radius 2 is 2.42 bits per heavy atom. The molecule has 98 valence electrons. The standard InChI is InChI=1S/C15H17N3S/c1-2-7-18-13-6-5-11(10-16)9-12(13)17-15(18)14-4-3-8-19-14/h5-6,9,14H,2-4,7-8H2,1H3. The molecule has 0 bridgehead atoms. The van der Waals surface area contributed by atoms with Gasteiger partial charge in [0.2, 0.25) is 0 Å². The zero-order valence-electron chi connectivity index (χ0n) is 11.1. The number of aryl methyl sites for hydroxylation is 1. The summed E-state index contributed by atoms with van der Waals surface area (Å²) in [4.78, 5) is 4.81. The Morgan fingerprint density at radius 3 is 3.11 bits per heavy atom. The van der Waals surface area contributed by atoms with Crippen LogP contribution in [0.4, 0.5) is 0 Å². The number of rotatable bonds is 3. The van der Waals surface area contributed by atoms with E-state index in [9.17, 15) is 0 Å². The number of fused-ring (bicyclic) bond motifs is 1. The second-order valence-electron chi connectivity index (χ2n) is 4.94. The third kappa shape index (κ3) is 2.23. The van der Waals surface area contributed by atoms with Gasteiger partial charge in [-0.1, -0.05) is 6.92 Å². The van der Waals surface area contributed by atoms with E-state index in [1.807, 2.05) is 30.0 Å². The van der Waals surface area contributed by atoms with Crippen LogP contribution in [0.5, 0.6) is 0 Å². The van der Waals surface area contributed by atoms with Crippen LogP contribution in [-0.4, -0.2) is 15.3 Å². The number of hydrogen-bond acceptors (Lipinski definition) is 3. The van der Waals surface area contributed by atoms with E-state index < -0.39 is 0 Å². The van der Waals surface area contributed by atoms with Gasteiger partial charge >= 0.3 is 0 Å². The maximum absolute atomic E-state index is 9.00. The SMILES string of the molecule is CCCn1c(C2CCCS2)nc2cc(C#N)ccc21. The lowest BCUT2D eigenvalue weighted by Crippen LogP contribution is -2.05. The van der Waals surface area contributed by atoms with Crippen LogP contribution in [0.1, 0.15) is 42.8 Å². The zero-order chi connectivity index (χ0) is 13.2. The highest BCUT2D eigenvalue weighted by Crippen LogP contribution is 2.40. The van der Waals surface area contributed by atoms with Crippen molar-refractivity contribution in [3.05, 3.63) is 29.6 Å². The molecule has 2 aromatic rings. The fraction of sp³-hybridized carbons (Fsp3) is 0.467. The molecule has 0 spiro atoms. The van der Waals surface area contributed by atoms with Gasteiger partial charge in [-0.3, -0.25) is 0 Å². The largest absolute Gasteiger partial charge is 0.327 e. The van der Waals surface area contributed by atoms with Crippen LogP contribution < -0.4 is 0 Å². The quantitative estimate of drug-likeness (QED) is 0.850. The molecular formula is C15H17N3S. The second kappa shape index (κ2) is 5.26. The maximum Gasteiger partial charge on any atom is 0.123 e. The molecule has 1 atom stereocenters. The van der Waals surface area contributed by atoms with Crippen molar-refractivity contribution in [1.29, 1.82) is 5.26 Å². The average Bonchev–Trinajstić information content (AvgIpc) is 3.06. The van der Waals surface area contributed by atoms with Gasteiger partial charge in [-0.2, -0.15) is 17.0 Å². The van der Waals surface area contributed by atoms with E-state index >= 15 is 0 Å². The van der Waals surface area contributed by atoms with Crippen molar-refractivity contribution in [2.24, 2.45) is 0 Å². The van der Waals surface area contributed by atoms with Crippen molar-refractivity contribution in [2.45, 2.75) is 38.0 Å². The molecule has 19 heavy (non-hydrogen) atoms. The molecular weight excluding hydrogens is 254 g/mol. The van der Waals surface area contributed by atoms with Gasteiger partial charge < -0.3 is 4.57 Å². The summed E-state index contributed by atoms with van der Waals surface area (Å²) >= 11 is 2.01. The fourth-order valence-electron chi connectivity index (χ4n) is 2.70. The first-order valence-electron chi connectivity index (χ1n) is 6.85. The van der Waals surface area contributed by atoms with Gasteiger partial charge in [0.25, 0.3) is 0 Å². The van der Waals surface area contributed by atoms with Crippen LogP contribution in [0.3, 0.4) is 0 Å². The minimum absolute atomic E-state index is 0.532. The molecule has 1 aromatic heterocycles. The molecule has 2 heterocycles. The molecule has 1 aliphatic heterocycles. The van der Waals surface area contributed by atoms with Crippen LogP contribution in [0.25, 0.3) is 11.0 Å². The summed E-state index contributed by atoms with van der Waals surface area (Å²) in [6.45, 7) is 3.20. The first kappa shape index (κ1) is 12.6. The van der Waals surface area contributed by atoms with E-state index in [-0.39, 0.29) is 0 Å². The van der Waals surface area contributed by atoms with E-state index in [1.54, 1.807) is 0 Å². The van der Waals surface area contributed by atoms with Crippen LogP contribution >= 0.6 is 11.8 Å². The fourth-order valence-corrected chi connectivity index (χ4v) is 3.98. The molecule has 1 unspecified atom stereocenters. The Labute approximate surface area is 117 Å². The predicted molar refractivity (Wildman–Crippen MR) is 79.2 cm³/mol. The second-order valence-corrected chi connectivity index (χ2v) is 6.25. The van der Waals surface area contributed by atoms with Gasteiger partial charge in [0.1, 0.15) is 5.82 Å². The highest BCUT2D eigenvalue weighted by Gasteiger charge is 2.24. The van der Waals surface area contributed by atoms with Gasteiger partial charge in [0.05, 0.1) is 27.9 Å². The molecule has 4 heteroatoms. The molecule has 0 radical (unpaired) electrons. The zero-order valence-corrected chi connectivity index (χ0v) is 11.9. The van der Waals surface area contributed by atoms with Crippen LogP contribution in [0.2, 0.25) is 0 Å². The lowest BCUT2D eigenvalue weighted by Gasteiger charge is -2.12. The summed E-state index contributed by atoms with van der Waals surface area (Å²) in [5.74, 6) is 2.44. The van der Waals surface area contributed by atoms with Gasteiger partial charge in [-0.05, 0) is 43.2 Å². The minimum atomic E-state index is 0.532. The smallest absolute Gasteiger partial charge is 0.123 e. The van der Waals surface area contributed by atoms with Crippen molar-refractivity contribution < 1.29 is 0 Å². The summed E-state index contributed by atoms with van der Waals surface area (Å²) in [5.41, 5.74) is 2.83. The normalized spacial score (nSPS) is 18.8. The molecule has 1 saturated heterocycles. The van der Waals surface area contributed by atoms with Crippen molar-refractivity contribution >= 4 is 22.8 Å². The monoisotopic (exact) mass is 271 g/mol. The number of thioether (sulfide) groups is 1. The van der Waals surface area contributed by atoms with Crippen molar-refractivity contribution in [3.63, 3.8) is 0 Å². The predicted octanol–water partition coefficient (Wildman–Crippen LogP) is 3.89. The molecule has 0 N–H and O–H groups in total. The molecule has 0 aliphatic carbocycles. The van der Waals surface area contributed by atoms with E-state index in [0.29, 0.717) is 10.8 Å². The van der Waals surface area contributed by atoms with Gasteiger partial charge in [-0.25, -0.2) is 4.98 Å².